The van der Waals surface area contributed by atoms with Crippen LogP contribution in [0.3, 0.4) is 0 Å². The maximum atomic E-state index is 13.6. The van der Waals surface area contributed by atoms with Crippen molar-refractivity contribution in [3.05, 3.63) is 29.6 Å². The van der Waals surface area contributed by atoms with E-state index in [1.807, 2.05) is 6.07 Å². The maximum Gasteiger partial charge on any atom is 0.165 e. The molecule has 1 aliphatic rings. The number of nitrogens with two attached hydrogens (primary N) is 1. The molecule has 0 radical (unpaired) electrons. The molecular weight excluding hydrogens is 271 g/mol. The molecule has 0 bridgehead atoms. The summed E-state index contributed by atoms with van der Waals surface area (Å²) in [7, 11) is 1.46. The van der Waals surface area contributed by atoms with E-state index < -0.39 is 0 Å². The molecule has 0 aromatic heterocycles. The lowest BCUT2D eigenvalue weighted by molar-refractivity contribution is -0.0260. The van der Waals surface area contributed by atoms with Crippen molar-refractivity contribution < 1.29 is 13.9 Å². The molecule has 1 unspecified atom stereocenters. The van der Waals surface area contributed by atoms with Crippen LogP contribution in [0.2, 0.25) is 0 Å². The van der Waals surface area contributed by atoms with Crippen LogP contribution in [-0.4, -0.2) is 44.4 Å². The Morgan fingerprint density at radius 3 is 2.95 bits per heavy atom. The lowest BCUT2D eigenvalue weighted by atomic mass is 10.1. The molecule has 0 spiro atoms. The topological polar surface area (TPSA) is 47.7 Å². The van der Waals surface area contributed by atoms with Crippen molar-refractivity contribution in [3.63, 3.8) is 0 Å². The van der Waals surface area contributed by atoms with Gasteiger partial charge in [0.05, 0.1) is 19.8 Å². The number of benzene rings is 1. The van der Waals surface area contributed by atoms with Gasteiger partial charge in [0, 0.05) is 26.2 Å². The average molecular weight is 291 g/mol. The number of morpholine rings is 1. The number of nitrogens with zero attached hydrogens (tertiary/aromatic N) is 1. The van der Waals surface area contributed by atoms with E-state index in [4.69, 9.17) is 15.2 Å². The molecule has 2 N–H and O–H groups in total. The summed E-state index contributed by atoms with van der Waals surface area (Å²) in [5.74, 6) is -0.0424. The third kappa shape index (κ3) is 4.31. The Morgan fingerprint density at radius 2 is 2.32 bits per heavy atom. The summed E-state index contributed by atoms with van der Waals surface area (Å²) >= 11 is 0. The summed E-state index contributed by atoms with van der Waals surface area (Å²) in [5.41, 5.74) is 6.53. The smallest absolute Gasteiger partial charge is 0.165 e. The molecular formula is C13H20ClFN2O2. The van der Waals surface area contributed by atoms with Gasteiger partial charge in [-0.1, -0.05) is 6.07 Å². The SMILES string of the molecule is COc1ccc(CN2CCOC(CN)C2)cc1F.Cl. The summed E-state index contributed by atoms with van der Waals surface area (Å²) in [6.07, 6.45) is 0.0850. The van der Waals surface area contributed by atoms with E-state index in [2.05, 4.69) is 4.90 Å². The lowest BCUT2D eigenvalue weighted by Gasteiger charge is -2.32. The van der Waals surface area contributed by atoms with Gasteiger partial charge in [-0.05, 0) is 17.7 Å². The minimum atomic E-state index is -0.321. The number of ether oxygens (including phenoxy) is 2. The predicted molar refractivity (Wildman–Crippen MR) is 74.3 cm³/mol. The molecule has 1 heterocycles. The first-order valence-corrected chi connectivity index (χ1v) is 6.09. The fourth-order valence-corrected chi connectivity index (χ4v) is 2.13. The molecule has 1 atom stereocenters. The van der Waals surface area contributed by atoms with Gasteiger partial charge in [-0.15, -0.1) is 12.4 Å². The van der Waals surface area contributed by atoms with Crippen LogP contribution in [0.4, 0.5) is 4.39 Å². The molecule has 0 aliphatic carbocycles. The van der Waals surface area contributed by atoms with Gasteiger partial charge in [0.15, 0.2) is 11.6 Å². The van der Waals surface area contributed by atoms with Crippen molar-refractivity contribution in [2.75, 3.05) is 33.4 Å². The first-order chi connectivity index (χ1) is 8.72. The monoisotopic (exact) mass is 290 g/mol. The van der Waals surface area contributed by atoms with E-state index in [0.29, 0.717) is 19.7 Å². The normalized spacial score (nSPS) is 19.8. The highest BCUT2D eigenvalue weighted by Gasteiger charge is 2.19. The standard InChI is InChI=1S/C13H19FN2O2.ClH/c1-17-13-3-2-10(6-12(13)14)8-16-4-5-18-11(7-15)9-16;/h2-3,6,11H,4-5,7-9,15H2,1H3;1H. The van der Waals surface area contributed by atoms with E-state index in [0.717, 1.165) is 18.7 Å². The Labute approximate surface area is 119 Å². The number of rotatable bonds is 4. The highest BCUT2D eigenvalue weighted by molar-refractivity contribution is 5.85. The van der Waals surface area contributed by atoms with Crippen LogP contribution in [0, 0.1) is 5.82 Å². The molecule has 108 valence electrons. The van der Waals surface area contributed by atoms with Crippen LogP contribution >= 0.6 is 12.4 Å². The molecule has 6 heteroatoms. The van der Waals surface area contributed by atoms with Gasteiger partial charge in [0.25, 0.3) is 0 Å². The summed E-state index contributed by atoms with van der Waals surface area (Å²) < 4.78 is 24.0. The first kappa shape index (κ1) is 16.2. The fraction of sp³-hybridized carbons (Fsp3) is 0.538. The predicted octanol–water partition coefficient (Wildman–Crippen LogP) is 1.42. The van der Waals surface area contributed by atoms with Gasteiger partial charge in [-0.25, -0.2) is 4.39 Å². The molecule has 0 saturated carbocycles. The molecule has 1 aliphatic heterocycles. The first-order valence-electron chi connectivity index (χ1n) is 6.09. The third-order valence-electron chi connectivity index (χ3n) is 3.11. The Bertz CT molecular complexity index is 406. The molecule has 1 saturated heterocycles. The van der Waals surface area contributed by atoms with Gasteiger partial charge in [-0.3, -0.25) is 4.90 Å². The van der Waals surface area contributed by atoms with Gasteiger partial charge in [-0.2, -0.15) is 0 Å². The van der Waals surface area contributed by atoms with Crippen molar-refractivity contribution in [1.82, 2.24) is 4.90 Å². The summed E-state index contributed by atoms with van der Waals surface area (Å²) in [6, 6.07) is 5.06. The van der Waals surface area contributed by atoms with Gasteiger partial charge in [0.2, 0.25) is 0 Å². The summed E-state index contributed by atoms with van der Waals surface area (Å²) in [4.78, 5) is 2.22. The zero-order valence-corrected chi connectivity index (χ0v) is 11.8. The number of halogens is 2. The second-order valence-corrected chi connectivity index (χ2v) is 4.43. The molecule has 1 fully saturated rings. The number of hydrogen-bond donors (Lipinski definition) is 1. The third-order valence-corrected chi connectivity index (χ3v) is 3.11. The Balaban J connectivity index is 0.00000180. The molecule has 19 heavy (non-hydrogen) atoms. The van der Waals surface area contributed by atoms with E-state index >= 15 is 0 Å². The minimum absolute atomic E-state index is 0. The fourth-order valence-electron chi connectivity index (χ4n) is 2.13. The summed E-state index contributed by atoms with van der Waals surface area (Å²) in [6.45, 7) is 3.56. The second kappa shape index (κ2) is 7.65. The Kier molecular flexibility index (Phi) is 6.51. The maximum absolute atomic E-state index is 13.6. The second-order valence-electron chi connectivity index (χ2n) is 4.43. The van der Waals surface area contributed by atoms with Crippen LogP contribution in [0.25, 0.3) is 0 Å². The number of methoxy groups -OCH3 is 1. The zero-order valence-electron chi connectivity index (χ0n) is 11.0. The van der Waals surface area contributed by atoms with E-state index in [1.54, 1.807) is 6.07 Å². The van der Waals surface area contributed by atoms with Gasteiger partial charge < -0.3 is 15.2 Å². The number of hydrogen-bond acceptors (Lipinski definition) is 4. The van der Waals surface area contributed by atoms with Gasteiger partial charge >= 0.3 is 0 Å². The van der Waals surface area contributed by atoms with Gasteiger partial charge in [0.1, 0.15) is 0 Å². The molecule has 2 rings (SSSR count). The van der Waals surface area contributed by atoms with Crippen molar-refractivity contribution in [2.45, 2.75) is 12.6 Å². The van der Waals surface area contributed by atoms with Crippen LogP contribution in [0.1, 0.15) is 5.56 Å². The average Bonchev–Trinajstić information content (AvgIpc) is 2.39. The Hall–Kier alpha value is -0.880. The van der Waals surface area contributed by atoms with Crippen LogP contribution < -0.4 is 10.5 Å². The molecule has 0 amide bonds. The molecule has 1 aromatic rings. The Morgan fingerprint density at radius 1 is 1.53 bits per heavy atom. The van der Waals surface area contributed by atoms with Crippen LogP contribution in [0.5, 0.6) is 5.75 Å². The quantitative estimate of drug-likeness (QED) is 0.911. The summed E-state index contributed by atoms with van der Waals surface area (Å²) in [5, 5.41) is 0. The van der Waals surface area contributed by atoms with Crippen LogP contribution in [0.15, 0.2) is 18.2 Å². The van der Waals surface area contributed by atoms with Crippen LogP contribution in [-0.2, 0) is 11.3 Å². The van der Waals surface area contributed by atoms with E-state index in [1.165, 1.54) is 13.2 Å². The highest BCUT2D eigenvalue weighted by atomic mass is 35.5. The van der Waals surface area contributed by atoms with Crippen molar-refractivity contribution in [1.29, 1.82) is 0 Å². The van der Waals surface area contributed by atoms with E-state index in [9.17, 15) is 4.39 Å². The minimum Gasteiger partial charge on any atom is -0.494 e. The van der Waals surface area contributed by atoms with Crippen molar-refractivity contribution in [2.24, 2.45) is 5.73 Å². The highest BCUT2D eigenvalue weighted by Crippen LogP contribution is 2.19. The van der Waals surface area contributed by atoms with Crippen molar-refractivity contribution >= 4 is 12.4 Å². The van der Waals surface area contributed by atoms with Crippen molar-refractivity contribution in [3.8, 4) is 5.75 Å². The van der Waals surface area contributed by atoms with E-state index in [-0.39, 0.29) is 30.1 Å². The largest absolute Gasteiger partial charge is 0.494 e. The zero-order chi connectivity index (χ0) is 13.0. The molecule has 4 nitrogen and oxygen atoms in total. The molecule has 1 aromatic carbocycles. The lowest BCUT2D eigenvalue weighted by Crippen LogP contribution is -2.45.